The van der Waals surface area contributed by atoms with Crippen molar-refractivity contribution in [3.05, 3.63) is 0 Å². The van der Waals surface area contributed by atoms with E-state index in [1.54, 1.807) is 0 Å². The van der Waals surface area contributed by atoms with Crippen molar-refractivity contribution < 1.29 is 14.3 Å². The van der Waals surface area contributed by atoms with Crippen molar-refractivity contribution in [3.63, 3.8) is 0 Å². The molecule has 0 aromatic heterocycles. The first kappa shape index (κ1) is 7.50. The number of rotatable bonds is 1. The van der Waals surface area contributed by atoms with Gasteiger partial charge in [-0.2, -0.15) is 0 Å². The molecule has 1 saturated heterocycles. The highest BCUT2D eigenvalue weighted by Gasteiger charge is 2.22. The van der Waals surface area contributed by atoms with E-state index >= 15 is 0 Å². The summed E-state index contributed by atoms with van der Waals surface area (Å²) in [5.74, 6) is -0.330. The number of morpholine rings is 1. The van der Waals surface area contributed by atoms with E-state index in [9.17, 15) is 4.79 Å². The molecule has 57 valence electrons. The molecule has 1 aliphatic rings. The molecule has 1 aliphatic heterocycles. The molecule has 0 amide bonds. The second kappa shape index (κ2) is 3.53. The maximum absolute atomic E-state index is 10.8. The van der Waals surface area contributed by atoms with Gasteiger partial charge in [-0.25, -0.2) is 10.1 Å². The van der Waals surface area contributed by atoms with Crippen LogP contribution in [0.5, 0.6) is 0 Å². The van der Waals surface area contributed by atoms with Crippen LogP contribution in [0.15, 0.2) is 0 Å². The van der Waals surface area contributed by atoms with Crippen LogP contribution in [0.4, 0.5) is 0 Å². The molecule has 10 heavy (non-hydrogen) atoms. The van der Waals surface area contributed by atoms with Gasteiger partial charge in [0.2, 0.25) is 0 Å². The second-order valence-electron chi connectivity index (χ2n) is 2.01. The van der Waals surface area contributed by atoms with Gasteiger partial charge in [0.05, 0.1) is 20.3 Å². The summed E-state index contributed by atoms with van der Waals surface area (Å²) in [6.45, 7) is 1.65. The van der Waals surface area contributed by atoms with Crippen LogP contribution >= 0.6 is 0 Å². The molecule has 1 rings (SSSR count). The zero-order chi connectivity index (χ0) is 7.40. The fourth-order valence-corrected chi connectivity index (χ4v) is 0.795. The van der Waals surface area contributed by atoms with Gasteiger partial charge < -0.3 is 9.47 Å². The Labute approximate surface area is 59.5 Å². The second-order valence-corrected chi connectivity index (χ2v) is 2.01. The number of nitrogens with zero attached hydrogens (tertiary/aromatic N) is 1. The minimum atomic E-state index is -0.459. The van der Waals surface area contributed by atoms with Crippen molar-refractivity contribution in [3.8, 4) is 0 Å². The zero-order valence-electron chi connectivity index (χ0n) is 5.87. The van der Waals surface area contributed by atoms with E-state index in [1.807, 2.05) is 0 Å². The van der Waals surface area contributed by atoms with Crippen molar-refractivity contribution in [2.45, 2.75) is 6.10 Å². The molecule has 0 aromatic rings. The van der Waals surface area contributed by atoms with Gasteiger partial charge in [0.25, 0.3) is 0 Å². The van der Waals surface area contributed by atoms with Crippen molar-refractivity contribution in [2.24, 2.45) is 0 Å². The highest BCUT2D eigenvalue weighted by molar-refractivity contribution is 5.74. The standard InChI is InChI=1S/C6H10NO3/c1-9-6(8)5-4-7-2-3-10-5/h5H,2-4H2,1H3. The lowest BCUT2D eigenvalue weighted by Gasteiger charge is -2.19. The van der Waals surface area contributed by atoms with Gasteiger partial charge >= 0.3 is 5.97 Å². The molecule has 0 bridgehead atoms. The Balaban J connectivity index is 2.31. The summed E-state index contributed by atoms with van der Waals surface area (Å²) in [7, 11) is 1.35. The van der Waals surface area contributed by atoms with Crippen molar-refractivity contribution in [1.82, 2.24) is 5.32 Å². The van der Waals surface area contributed by atoms with Crippen LogP contribution in [0.2, 0.25) is 0 Å². The number of ether oxygens (including phenoxy) is 2. The lowest BCUT2D eigenvalue weighted by molar-refractivity contribution is -0.155. The Kier molecular flexibility index (Phi) is 2.65. The molecule has 4 heteroatoms. The maximum atomic E-state index is 10.8. The molecular weight excluding hydrogens is 134 g/mol. The average Bonchev–Trinajstić information content (AvgIpc) is 2.05. The third kappa shape index (κ3) is 1.68. The van der Waals surface area contributed by atoms with E-state index < -0.39 is 6.10 Å². The SMILES string of the molecule is COC(=O)C1C[N]CCO1. The lowest BCUT2D eigenvalue weighted by Crippen LogP contribution is -2.40. The summed E-state index contributed by atoms with van der Waals surface area (Å²) in [6, 6.07) is 0. The molecule has 0 saturated carbocycles. The molecular formula is C6H10NO3. The van der Waals surface area contributed by atoms with Gasteiger partial charge in [-0.1, -0.05) is 0 Å². The molecule has 0 aliphatic carbocycles. The Hall–Kier alpha value is -0.610. The number of hydrogen-bond donors (Lipinski definition) is 0. The van der Waals surface area contributed by atoms with Crippen LogP contribution in [0, 0.1) is 0 Å². The van der Waals surface area contributed by atoms with Gasteiger partial charge in [-0.05, 0) is 0 Å². The summed E-state index contributed by atoms with van der Waals surface area (Å²) in [6.07, 6.45) is -0.459. The third-order valence-electron chi connectivity index (χ3n) is 1.33. The molecule has 4 nitrogen and oxygen atoms in total. The minimum absolute atomic E-state index is 0.330. The summed E-state index contributed by atoms with van der Waals surface area (Å²) in [4.78, 5) is 10.8. The van der Waals surface area contributed by atoms with Gasteiger partial charge in [-0.15, -0.1) is 0 Å². The quantitative estimate of drug-likeness (QED) is 0.451. The van der Waals surface area contributed by atoms with Gasteiger partial charge in [0, 0.05) is 6.54 Å². The number of methoxy groups -OCH3 is 1. The largest absolute Gasteiger partial charge is 0.467 e. The van der Waals surface area contributed by atoms with E-state index in [0.29, 0.717) is 19.7 Å². The van der Waals surface area contributed by atoms with Crippen LogP contribution in [0.25, 0.3) is 0 Å². The van der Waals surface area contributed by atoms with Crippen molar-refractivity contribution in [2.75, 3.05) is 26.8 Å². The van der Waals surface area contributed by atoms with Crippen molar-refractivity contribution >= 4 is 5.97 Å². The molecule has 1 atom stereocenters. The molecule has 1 fully saturated rings. The fourth-order valence-electron chi connectivity index (χ4n) is 0.795. The smallest absolute Gasteiger partial charge is 0.336 e. The first-order valence-electron chi connectivity index (χ1n) is 3.17. The number of esters is 1. The Morgan fingerprint density at radius 3 is 3.10 bits per heavy atom. The van der Waals surface area contributed by atoms with Crippen LogP contribution in [-0.4, -0.2) is 38.9 Å². The summed E-state index contributed by atoms with van der Waals surface area (Å²) in [5.41, 5.74) is 0. The van der Waals surface area contributed by atoms with E-state index in [-0.39, 0.29) is 5.97 Å². The highest BCUT2D eigenvalue weighted by Crippen LogP contribution is 1.98. The van der Waals surface area contributed by atoms with Crippen molar-refractivity contribution in [1.29, 1.82) is 0 Å². The monoisotopic (exact) mass is 144 g/mol. The number of carbonyl (C=O) groups excluding carboxylic acids is 1. The highest BCUT2D eigenvalue weighted by atomic mass is 16.6. The molecule has 0 spiro atoms. The van der Waals surface area contributed by atoms with Crippen LogP contribution in [-0.2, 0) is 14.3 Å². The average molecular weight is 144 g/mol. The molecule has 1 unspecified atom stereocenters. The van der Waals surface area contributed by atoms with E-state index in [4.69, 9.17) is 4.74 Å². The van der Waals surface area contributed by atoms with Gasteiger partial charge in [0.15, 0.2) is 6.10 Å². The fraction of sp³-hybridized carbons (Fsp3) is 0.833. The predicted molar refractivity (Wildman–Crippen MR) is 33.6 cm³/mol. The van der Waals surface area contributed by atoms with Gasteiger partial charge in [0.1, 0.15) is 0 Å². The lowest BCUT2D eigenvalue weighted by atomic mass is 10.3. The molecule has 1 heterocycles. The van der Waals surface area contributed by atoms with Gasteiger partial charge in [-0.3, -0.25) is 0 Å². The normalized spacial score (nSPS) is 25.9. The predicted octanol–water partition coefficient (Wildman–Crippen LogP) is -0.837. The molecule has 0 aromatic carbocycles. The summed E-state index contributed by atoms with van der Waals surface area (Å²) < 4.78 is 9.53. The molecule has 0 N–H and O–H groups in total. The third-order valence-corrected chi connectivity index (χ3v) is 1.33. The van der Waals surface area contributed by atoms with Crippen LogP contribution < -0.4 is 5.32 Å². The summed E-state index contributed by atoms with van der Waals surface area (Å²) in [5, 5.41) is 4.00. The topological polar surface area (TPSA) is 49.6 Å². The maximum Gasteiger partial charge on any atom is 0.336 e. The minimum Gasteiger partial charge on any atom is -0.467 e. The first-order chi connectivity index (χ1) is 4.84. The Morgan fingerprint density at radius 1 is 1.80 bits per heavy atom. The summed E-state index contributed by atoms with van der Waals surface area (Å²) >= 11 is 0. The van der Waals surface area contributed by atoms with E-state index in [1.165, 1.54) is 7.11 Å². The first-order valence-corrected chi connectivity index (χ1v) is 3.17. The Bertz CT molecular complexity index is 120. The van der Waals surface area contributed by atoms with Crippen LogP contribution in [0.1, 0.15) is 0 Å². The van der Waals surface area contributed by atoms with E-state index in [0.717, 1.165) is 0 Å². The Morgan fingerprint density at radius 2 is 2.60 bits per heavy atom. The zero-order valence-corrected chi connectivity index (χ0v) is 5.87. The number of carbonyl (C=O) groups is 1. The molecule has 1 radical (unpaired) electrons. The van der Waals surface area contributed by atoms with E-state index in [2.05, 4.69) is 10.1 Å². The van der Waals surface area contributed by atoms with Crippen LogP contribution in [0.3, 0.4) is 0 Å². The number of hydrogen-bond acceptors (Lipinski definition) is 3.